The average Bonchev–Trinajstić information content (AvgIpc) is 2.52. The summed E-state index contributed by atoms with van der Waals surface area (Å²) in [7, 11) is 0. The minimum Gasteiger partial charge on any atom is -0.467 e. The average molecular weight is 324 g/mol. The maximum Gasteiger partial charge on any atom is 0.190 e. The highest BCUT2D eigenvalue weighted by Gasteiger charge is 2.53. The van der Waals surface area contributed by atoms with Crippen LogP contribution >= 0.6 is 12.2 Å². The second-order valence-corrected chi connectivity index (χ2v) is 6.97. The van der Waals surface area contributed by atoms with E-state index in [1.165, 1.54) is 11.1 Å². The standard InChI is InChI=1S/C19H20N2OS/c1-12-8-10-14(11-9-12)21-18(23)20-17-13(2)19(21,3)22-16-7-5-4-6-15(16)17/h4-11,13,17H,1-3H3,(H,20,23)/t13-,17-,19-/m1/s1. The number of hydrogen-bond donors (Lipinski definition) is 1. The van der Waals surface area contributed by atoms with Gasteiger partial charge in [0.1, 0.15) is 5.75 Å². The third-order valence-corrected chi connectivity index (χ3v) is 5.43. The van der Waals surface area contributed by atoms with Crippen molar-refractivity contribution in [3.63, 3.8) is 0 Å². The Bertz CT molecular complexity index is 773. The predicted molar refractivity (Wildman–Crippen MR) is 96.8 cm³/mol. The molecule has 2 heterocycles. The van der Waals surface area contributed by atoms with Crippen LogP contribution in [-0.4, -0.2) is 10.8 Å². The van der Waals surface area contributed by atoms with Crippen molar-refractivity contribution in [2.24, 2.45) is 5.92 Å². The van der Waals surface area contributed by atoms with Gasteiger partial charge in [-0.25, -0.2) is 0 Å². The molecule has 0 amide bonds. The van der Waals surface area contributed by atoms with E-state index in [2.05, 4.69) is 67.4 Å². The van der Waals surface area contributed by atoms with Crippen LogP contribution in [0.4, 0.5) is 5.69 Å². The molecular weight excluding hydrogens is 304 g/mol. The summed E-state index contributed by atoms with van der Waals surface area (Å²) in [4.78, 5) is 2.11. The Morgan fingerprint density at radius 3 is 2.57 bits per heavy atom. The lowest BCUT2D eigenvalue weighted by Gasteiger charge is -2.56. The molecule has 4 heteroatoms. The summed E-state index contributed by atoms with van der Waals surface area (Å²) in [5.41, 5.74) is 2.97. The number of rotatable bonds is 1. The summed E-state index contributed by atoms with van der Waals surface area (Å²) < 4.78 is 6.47. The highest BCUT2D eigenvalue weighted by molar-refractivity contribution is 7.80. The largest absolute Gasteiger partial charge is 0.467 e. The molecule has 1 fully saturated rings. The lowest BCUT2D eigenvalue weighted by atomic mass is 9.80. The number of nitrogens with zero attached hydrogens (tertiary/aromatic N) is 1. The Morgan fingerprint density at radius 1 is 1.13 bits per heavy atom. The number of nitrogens with one attached hydrogen (secondary N) is 1. The summed E-state index contributed by atoms with van der Waals surface area (Å²) in [5.74, 6) is 1.19. The maximum atomic E-state index is 6.47. The fraction of sp³-hybridized carbons (Fsp3) is 0.316. The first kappa shape index (κ1) is 14.5. The van der Waals surface area contributed by atoms with Crippen molar-refractivity contribution in [2.45, 2.75) is 32.5 Å². The summed E-state index contributed by atoms with van der Waals surface area (Å²) in [6, 6.07) is 16.8. The van der Waals surface area contributed by atoms with E-state index in [0.29, 0.717) is 5.11 Å². The highest BCUT2D eigenvalue weighted by Crippen LogP contribution is 2.48. The van der Waals surface area contributed by atoms with E-state index in [1.807, 2.05) is 12.1 Å². The van der Waals surface area contributed by atoms with Crippen LogP contribution in [0.25, 0.3) is 0 Å². The van der Waals surface area contributed by atoms with Gasteiger partial charge in [-0.05, 0) is 44.3 Å². The van der Waals surface area contributed by atoms with Gasteiger partial charge in [-0.15, -0.1) is 0 Å². The third kappa shape index (κ3) is 2.05. The number of anilines is 1. The Balaban J connectivity index is 1.85. The van der Waals surface area contributed by atoms with E-state index in [9.17, 15) is 0 Å². The molecule has 23 heavy (non-hydrogen) atoms. The van der Waals surface area contributed by atoms with E-state index in [1.54, 1.807) is 0 Å². The second kappa shape index (κ2) is 4.96. The lowest BCUT2D eigenvalue weighted by molar-refractivity contribution is -0.00316. The van der Waals surface area contributed by atoms with Gasteiger partial charge >= 0.3 is 0 Å². The summed E-state index contributed by atoms with van der Waals surface area (Å²) in [5, 5.41) is 4.24. The van der Waals surface area contributed by atoms with E-state index in [0.717, 1.165) is 11.4 Å². The molecule has 0 unspecified atom stereocenters. The Kier molecular flexibility index (Phi) is 3.13. The summed E-state index contributed by atoms with van der Waals surface area (Å²) >= 11 is 5.69. The maximum absolute atomic E-state index is 6.47. The number of para-hydroxylation sites is 1. The number of aryl methyl sites for hydroxylation is 1. The van der Waals surface area contributed by atoms with Crippen molar-refractivity contribution < 1.29 is 4.74 Å². The predicted octanol–water partition coefficient (Wildman–Crippen LogP) is 4.18. The van der Waals surface area contributed by atoms with Crippen LogP contribution in [0.1, 0.15) is 31.0 Å². The van der Waals surface area contributed by atoms with Crippen molar-refractivity contribution in [3.05, 3.63) is 59.7 Å². The first-order valence-corrected chi connectivity index (χ1v) is 8.37. The van der Waals surface area contributed by atoms with Gasteiger partial charge < -0.3 is 10.1 Å². The Morgan fingerprint density at radius 2 is 1.83 bits per heavy atom. The molecule has 2 bridgehead atoms. The molecule has 2 aliphatic heterocycles. The zero-order valence-electron chi connectivity index (χ0n) is 13.5. The van der Waals surface area contributed by atoms with E-state index in [4.69, 9.17) is 17.0 Å². The minimum atomic E-state index is -0.503. The van der Waals surface area contributed by atoms with Gasteiger partial charge in [-0.1, -0.05) is 42.8 Å². The van der Waals surface area contributed by atoms with Gasteiger partial charge in [0, 0.05) is 17.2 Å². The van der Waals surface area contributed by atoms with Crippen molar-refractivity contribution in [1.82, 2.24) is 5.32 Å². The lowest BCUT2D eigenvalue weighted by Crippen LogP contribution is -2.69. The van der Waals surface area contributed by atoms with Crippen molar-refractivity contribution in [1.29, 1.82) is 0 Å². The SMILES string of the molecule is Cc1ccc(N2C(=S)N[C@H]3c4ccccc4O[C@]2(C)[C@@H]3C)cc1. The first-order chi connectivity index (χ1) is 11.0. The number of fused-ring (bicyclic) bond motifs is 4. The number of ether oxygens (including phenoxy) is 1. The summed E-state index contributed by atoms with van der Waals surface area (Å²) in [6.45, 7) is 6.44. The molecule has 0 aromatic heterocycles. The van der Waals surface area contributed by atoms with E-state index >= 15 is 0 Å². The molecule has 1 N–H and O–H groups in total. The van der Waals surface area contributed by atoms with E-state index in [-0.39, 0.29) is 12.0 Å². The number of thiocarbonyl (C=S) groups is 1. The highest BCUT2D eigenvalue weighted by atomic mass is 32.1. The third-order valence-electron chi connectivity index (χ3n) is 5.13. The van der Waals surface area contributed by atoms with Crippen molar-refractivity contribution in [2.75, 3.05) is 4.90 Å². The zero-order chi connectivity index (χ0) is 16.2. The molecule has 3 atom stereocenters. The molecule has 0 aliphatic carbocycles. The normalized spacial score (nSPS) is 28.7. The quantitative estimate of drug-likeness (QED) is 0.796. The zero-order valence-corrected chi connectivity index (χ0v) is 14.4. The topological polar surface area (TPSA) is 24.5 Å². The van der Waals surface area contributed by atoms with Gasteiger partial charge in [-0.2, -0.15) is 0 Å². The molecule has 0 saturated carbocycles. The monoisotopic (exact) mass is 324 g/mol. The van der Waals surface area contributed by atoms with Crippen LogP contribution in [0.2, 0.25) is 0 Å². The van der Waals surface area contributed by atoms with Gasteiger partial charge in [0.25, 0.3) is 0 Å². The van der Waals surface area contributed by atoms with Gasteiger partial charge in [-0.3, -0.25) is 4.90 Å². The molecule has 118 valence electrons. The second-order valence-electron chi connectivity index (χ2n) is 6.58. The fourth-order valence-electron chi connectivity index (χ4n) is 3.64. The molecular formula is C19H20N2OS. The molecule has 0 radical (unpaired) electrons. The number of benzene rings is 2. The van der Waals surface area contributed by atoms with Crippen LogP contribution in [-0.2, 0) is 0 Å². The van der Waals surface area contributed by atoms with Crippen molar-refractivity contribution >= 4 is 23.0 Å². The van der Waals surface area contributed by atoms with Crippen molar-refractivity contribution in [3.8, 4) is 5.75 Å². The molecule has 2 aliphatic rings. The molecule has 1 saturated heterocycles. The summed E-state index contributed by atoms with van der Waals surface area (Å²) in [6.07, 6.45) is 0. The van der Waals surface area contributed by atoms with E-state index < -0.39 is 5.72 Å². The number of hydrogen-bond acceptors (Lipinski definition) is 2. The Labute approximate surface area is 142 Å². The van der Waals surface area contributed by atoms with Crippen LogP contribution in [0, 0.1) is 12.8 Å². The van der Waals surface area contributed by atoms with Crippen LogP contribution < -0.4 is 15.0 Å². The van der Waals surface area contributed by atoms with Crippen LogP contribution in [0.5, 0.6) is 5.75 Å². The van der Waals surface area contributed by atoms with Gasteiger partial charge in [0.05, 0.1) is 6.04 Å². The molecule has 4 rings (SSSR count). The Hall–Kier alpha value is -2.07. The molecule has 2 aromatic carbocycles. The smallest absolute Gasteiger partial charge is 0.190 e. The molecule has 0 spiro atoms. The van der Waals surface area contributed by atoms with Gasteiger partial charge in [0.15, 0.2) is 10.8 Å². The first-order valence-electron chi connectivity index (χ1n) is 7.96. The molecule has 3 nitrogen and oxygen atoms in total. The molecule has 2 aromatic rings. The van der Waals surface area contributed by atoms with Gasteiger partial charge in [0.2, 0.25) is 0 Å². The fourth-order valence-corrected chi connectivity index (χ4v) is 4.06. The van der Waals surface area contributed by atoms with Crippen LogP contribution in [0.15, 0.2) is 48.5 Å². The van der Waals surface area contributed by atoms with Crippen LogP contribution in [0.3, 0.4) is 0 Å². The minimum absolute atomic E-state index is 0.180.